The molecule has 0 aliphatic heterocycles. The van der Waals surface area contributed by atoms with Crippen molar-refractivity contribution in [3.05, 3.63) is 35.4 Å². The van der Waals surface area contributed by atoms with Gasteiger partial charge in [-0.1, -0.05) is 12.1 Å². The molecule has 1 aromatic rings. The van der Waals surface area contributed by atoms with E-state index < -0.39 is 65.8 Å². The van der Waals surface area contributed by atoms with E-state index in [1.807, 2.05) is 5.32 Å². The Balaban J connectivity index is 1.86. The molecular weight excluding hydrogens is 462 g/mol. The number of nitriles is 1. The molecule has 182 valence electrons. The summed E-state index contributed by atoms with van der Waals surface area (Å²) in [6.07, 6.45) is -10.1. The Bertz CT molecular complexity index is 896. The van der Waals surface area contributed by atoms with Gasteiger partial charge in [0.25, 0.3) is 0 Å². The maximum absolute atomic E-state index is 14.5. The zero-order chi connectivity index (χ0) is 24.7. The molecule has 3 rings (SSSR count). The molecule has 0 heterocycles. The van der Waals surface area contributed by atoms with Crippen molar-refractivity contribution in [2.24, 2.45) is 5.92 Å². The van der Waals surface area contributed by atoms with Crippen molar-refractivity contribution in [3.63, 3.8) is 0 Å². The van der Waals surface area contributed by atoms with Crippen LogP contribution in [-0.2, 0) is 11.0 Å². The van der Waals surface area contributed by atoms with Crippen LogP contribution in [0.3, 0.4) is 0 Å². The average molecular weight is 483 g/mol. The Kier molecular flexibility index (Phi) is 6.68. The summed E-state index contributed by atoms with van der Waals surface area (Å²) in [6.45, 7) is 0. The van der Waals surface area contributed by atoms with Gasteiger partial charge in [-0.25, -0.2) is 8.78 Å². The molecule has 0 aromatic heterocycles. The van der Waals surface area contributed by atoms with E-state index >= 15 is 0 Å². The number of hydrogen-bond acceptors (Lipinski definition) is 3. The van der Waals surface area contributed by atoms with Crippen molar-refractivity contribution in [2.45, 2.75) is 74.4 Å². The monoisotopic (exact) mass is 483 g/mol. The summed E-state index contributed by atoms with van der Waals surface area (Å²) in [7, 11) is 0. The van der Waals surface area contributed by atoms with E-state index in [1.54, 1.807) is 6.07 Å². The first kappa shape index (κ1) is 25.2. The number of nitrogens with zero attached hydrogens (tertiary/aromatic N) is 1. The van der Waals surface area contributed by atoms with Crippen LogP contribution in [0.15, 0.2) is 24.3 Å². The third-order valence-corrected chi connectivity index (χ3v) is 5.70. The summed E-state index contributed by atoms with van der Waals surface area (Å²) in [5.74, 6) is -4.91. The van der Waals surface area contributed by atoms with Gasteiger partial charge in [0.2, 0.25) is 11.8 Å². The number of amides is 1. The summed E-state index contributed by atoms with van der Waals surface area (Å²) in [5, 5.41) is 13.2. The van der Waals surface area contributed by atoms with Crippen LogP contribution in [0.5, 0.6) is 0 Å². The van der Waals surface area contributed by atoms with Gasteiger partial charge in [0, 0.05) is 12.8 Å². The second-order valence-corrected chi connectivity index (χ2v) is 8.70. The van der Waals surface area contributed by atoms with Crippen LogP contribution in [0, 0.1) is 17.2 Å². The zero-order valence-corrected chi connectivity index (χ0v) is 17.2. The molecule has 4 nitrogen and oxygen atoms in total. The number of nitrogens with one attached hydrogen (secondary N) is 2. The molecule has 2 atom stereocenters. The quantitative estimate of drug-likeness (QED) is 0.471. The van der Waals surface area contributed by atoms with Crippen LogP contribution in [0.2, 0.25) is 0 Å². The van der Waals surface area contributed by atoms with Crippen molar-refractivity contribution in [2.75, 3.05) is 0 Å². The predicted molar refractivity (Wildman–Crippen MR) is 99.8 cm³/mol. The first-order chi connectivity index (χ1) is 15.1. The second kappa shape index (κ2) is 8.74. The van der Waals surface area contributed by atoms with E-state index in [2.05, 4.69) is 5.32 Å². The van der Waals surface area contributed by atoms with Gasteiger partial charge < -0.3 is 5.32 Å². The fourth-order valence-corrected chi connectivity index (χ4v) is 3.51. The lowest BCUT2D eigenvalue weighted by Crippen LogP contribution is -2.53. The maximum atomic E-state index is 14.5. The smallest absolute Gasteiger partial charge is 0.336 e. The van der Waals surface area contributed by atoms with E-state index in [-0.39, 0.29) is 18.8 Å². The number of benzene rings is 1. The molecule has 0 radical (unpaired) electrons. The molecule has 0 bridgehead atoms. The molecule has 33 heavy (non-hydrogen) atoms. The Morgan fingerprint density at radius 2 is 1.64 bits per heavy atom. The van der Waals surface area contributed by atoms with Gasteiger partial charge in [-0.05, 0) is 49.3 Å². The Morgan fingerprint density at radius 3 is 2.06 bits per heavy atom. The van der Waals surface area contributed by atoms with Gasteiger partial charge >= 0.3 is 12.4 Å². The first-order valence-corrected chi connectivity index (χ1v) is 10.3. The van der Waals surface area contributed by atoms with Crippen molar-refractivity contribution < 1.29 is 39.9 Å². The molecule has 12 heteroatoms. The molecule has 2 N–H and O–H groups in total. The van der Waals surface area contributed by atoms with Gasteiger partial charge in [-0.2, -0.15) is 31.6 Å². The molecule has 2 aliphatic carbocycles. The molecule has 2 fully saturated rings. The van der Waals surface area contributed by atoms with E-state index in [4.69, 9.17) is 5.26 Å². The summed E-state index contributed by atoms with van der Waals surface area (Å²) in [5.41, 5.74) is -3.15. The van der Waals surface area contributed by atoms with Crippen LogP contribution in [0.25, 0.3) is 0 Å². The highest BCUT2D eigenvalue weighted by atomic mass is 19.4. The Morgan fingerprint density at radius 1 is 1.06 bits per heavy atom. The van der Waals surface area contributed by atoms with E-state index in [9.17, 15) is 39.9 Å². The van der Waals surface area contributed by atoms with E-state index in [1.165, 1.54) is 0 Å². The molecule has 2 saturated carbocycles. The Hall–Kier alpha value is -2.42. The highest BCUT2D eigenvalue weighted by molar-refractivity contribution is 5.83. The largest absolute Gasteiger partial charge is 0.416 e. The van der Waals surface area contributed by atoms with Gasteiger partial charge in [-0.15, -0.1) is 0 Å². The number of hydrogen-bond donors (Lipinski definition) is 2. The molecule has 1 aromatic carbocycles. The number of rotatable bonds is 9. The third kappa shape index (κ3) is 6.79. The predicted octanol–water partition coefficient (Wildman–Crippen LogP) is 5.26. The normalized spacial score (nSPS) is 20.0. The standard InChI is InChI=1S/C21H21F8N3O/c22-19(23,9-12-1-2-12)10-15(17(33)32-18(11-30)7-8-18)31-16(21(27,28)29)13-3-5-14(6-4-13)20(24,25)26/h3-6,12,15-16,31H,1-2,7-10H2,(H,32,33)/t15-,16?/m0/s1. The molecule has 0 saturated heterocycles. The maximum Gasteiger partial charge on any atom is 0.416 e. The van der Waals surface area contributed by atoms with Crippen LogP contribution in [0.1, 0.15) is 55.7 Å². The second-order valence-electron chi connectivity index (χ2n) is 8.70. The summed E-state index contributed by atoms with van der Waals surface area (Å²) >= 11 is 0. The SMILES string of the molecule is N#CC1(NC(=O)[C@H](CC(F)(F)CC2CC2)NC(c2ccc(C(F)(F)F)cc2)C(F)(F)F)CC1. The van der Waals surface area contributed by atoms with Gasteiger partial charge in [0.05, 0.1) is 17.7 Å². The lowest BCUT2D eigenvalue weighted by Gasteiger charge is -2.30. The van der Waals surface area contributed by atoms with Crippen molar-refractivity contribution in [1.82, 2.24) is 10.6 Å². The molecule has 2 aliphatic rings. The molecule has 1 amide bonds. The zero-order valence-electron chi connectivity index (χ0n) is 17.2. The summed E-state index contributed by atoms with van der Waals surface area (Å²) < 4.78 is 109. The Labute approximate surface area is 184 Å². The van der Waals surface area contributed by atoms with Crippen molar-refractivity contribution >= 4 is 5.91 Å². The lowest BCUT2D eigenvalue weighted by atomic mass is 9.98. The average Bonchev–Trinajstić information content (AvgIpc) is 3.61. The van der Waals surface area contributed by atoms with Crippen LogP contribution < -0.4 is 10.6 Å². The lowest BCUT2D eigenvalue weighted by molar-refractivity contribution is -0.163. The van der Waals surface area contributed by atoms with Crippen molar-refractivity contribution in [3.8, 4) is 6.07 Å². The fraction of sp³-hybridized carbons (Fsp3) is 0.619. The number of carbonyl (C=O) groups excluding carboxylic acids is 1. The minimum atomic E-state index is -5.10. The highest BCUT2D eigenvalue weighted by Crippen LogP contribution is 2.42. The topological polar surface area (TPSA) is 64.9 Å². The molecular formula is C21H21F8N3O. The van der Waals surface area contributed by atoms with Crippen molar-refractivity contribution in [1.29, 1.82) is 5.26 Å². The minimum Gasteiger partial charge on any atom is -0.336 e. The summed E-state index contributed by atoms with van der Waals surface area (Å²) in [6, 6.07) is -0.839. The molecule has 0 spiro atoms. The number of alkyl halides is 8. The van der Waals surface area contributed by atoms with Gasteiger partial charge in [0.15, 0.2) is 0 Å². The van der Waals surface area contributed by atoms with Crippen LogP contribution in [-0.4, -0.2) is 29.6 Å². The van der Waals surface area contributed by atoms with E-state index in [0.29, 0.717) is 37.1 Å². The van der Waals surface area contributed by atoms with E-state index in [0.717, 1.165) is 0 Å². The fourth-order valence-electron chi connectivity index (χ4n) is 3.51. The summed E-state index contributed by atoms with van der Waals surface area (Å²) in [4.78, 5) is 12.6. The van der Waals surface area contributed by atoms with Gasteiger partial charge in [0.1, 0.15) is 11.6 Å². The third-order valence-electron chi connectivity index (χ3n) is 5.70. The first-order valence-electron chi connectivity index (χ1n) is 10.3. The number of halogens is 8. The number of carbonyl (C=O) groups is 1. The van der Waals surface area contributed by atoms with Crippen LogP contribution >= 0.6 is 0 Å². The highest BCUT2D eigenvalue weighted by Gasteiger charge is 2.50. The van der Waals surface area contributed by atoms with Crippen LogP contribution in [0.4, 0.5) is 35.1 Å². The molecule has 1 unspecified atom stereocenters. The van der Waals surface area contributed by atoms with Gasteiger partial charge in [-0.3, -0.25) is 10.1 Å². The minimum absolute atomic E-state index is 0.238.